The van der Waals surface area contributed by atoms with Gasteiger partial charge in [0, 0.05) is 18.1 Å². The van der Waals surface area contributed by atoms with Gasteiger partial charge in [0.2, 0.25) is 0 Å². The summed E-state index contributed by atoms with van der Waals surface area (Å²) in [6.07, 6.45) is 3.77. The second-order valence-corrected chi connectivity index (χ2v) is 7.83. The zero-order valence-electron chi connectivity index (χ0n) is 14.8. The van der Waals surface area contributed by atoms with Gasteiger partial charge in [-0.15, -0.1) is 0 Å². The lowest BCUT2D eigenvalue weighted by Gasteiger charge is -2.38. The van der Waals surface area contributed by atoms with Crippen LogP contribution in [0.5, 0.6) is 0 Å². The molecule has 0 heterocycles. The molecule has 1 fully saturated rings. The fourth-order valence-electron chi connectivity index (χ4n) is 2.99. The number of alkyl carbamates (subject to hydrolysis) is 1. The second kappa shape index (κ2) is 7.35. The summed E-state index contributed by atoms with van der Waals surface area (Å²) in [6.45, 7) is 8.68. The largest absolute Gasteiger partial charge is 0.444 e. The predicted molar refractivity (Wildman–Crippen MR) is 93.3 cm³/mol. The van der Waals surface area contributed by atoms with Crippen molar-refractivity contribution in [2.45, 2.75) is 77.1 Å². The molecule has 0 saturated heterocycles. The van der Waals surface area contributed by atoms with Crippen LogP contribution >= 0.6 is 0 Å². The molecule has 23 heavy (non-hydrogen) atoms. The molecule has 1 aromatic carbocycles. The summed E-state index contributed by atoms with van der Waals surface area (Å²) in [4.78, 5) is 12.0. The summed E-state index contributed by atoms with van der Waals surface area (Å²) in [5, 5.41) is 6.68. The van der Waals surface area contributed by atoms with Gasteiger partial charge in [0.25, 0.3) is 0 Å². The molecule has 1 saturated carbocycles. The predicted octanol–water partition coefficient (Wildman–Crippen LogP) is 4.00. The van der Waals surface area contributed by atoms with Crippen molar-refractivity contribution in [1.29, 1.82) is 0 Å². The number of amides is 1. The molecule has 0 aromatic heterocycles. The zero-order chi connectivity index (χ0) is 16.9. The number of ether oxygens (including phenoxy) is 1. The topological polar surface area (TPSA) is 50.4 Å². The molecule has 4 heteroatoms. The summed E-state index contributed by atoms with van der Waals surface area (Å²) in [7, 11) is 0. The van der Waals surface area contributed by atoms with Crippen LogP contribution in [0.2, 0.25) is 0 Å². The average molecular weight is 318 g/mol. The Morgan fingerprint density at radius 1 is 1.22 bits per heavy atom. The van der Waals surface area contributed by atoms with Crippen molar-refractivity contribution in [3.63, 3.8) is 0 Å². The van der Waals surface area contributed by atoms with Gasteiger partial charge in [0.1, 0.15) is 5.60 Å². The Kier molecular flexibility index (Phi) is 5.69. The Morgan fingerprint density at radius 2 is 1.83 bits per heavy atom. The standard InChI is InChI=1S/C19H30N2O2/c1-18(2,3)23-17(22)21-19(4)12-10-16(11-13-19)20-14-15-8-6-5-7-9-15/h5-9,16,20H,10-14H2,1-4H3,(H,21,22)/t16-,19-. The molecule has 0 unspecified atom stereocenters. The second-order valence-electron chi connectivity index (χ2n) is 7.83. The summed E-state index contributed by atoms with van der Waals surface area (Å²) in [6, 6.07) is 11.0. The van der Waals surface area contributed by atoms with E-state index in [4.69, 9.17) is 4.74 Å². The Morgan fingerprint density at radius 3 is 2.39 bits per heavy atom. The number of nitrogens with one attached hydrogen (secondary N) is 2. The normalized spacial score (nSPS) is 25.0. The molecule has 1 amide bonds. The maximum Gasteiger partial charge on any atom is 0.408 e. The molecule has 2 N–H and O–H groups in total. The Hall–Kier alpha value is -1.55. The molecule has 0 radical (unpaired) electrons. The van der Waals surface area contributed by atoms with Gasteiger partial charge >= 0.3 is 6.09 Å². The maximum atomic E-state index is 12.0. The molecule has 0 bridgehead atoms. The van der Waals surface area contributed by atoms with E-state index in [0.29, 0.717) is 6.04 Å². The van der Waals surface area contributed by atoms with Gasteiger partial charge in [0.15, 0.2) is 0 Å². The SMILES string of the molecule is CC(C)(C)OC(=O)N[C@]1(C)CC[C@@H](NCc2ccccc2)CC1. The highest BCUT2D eigenvalue weighted by atomic mass is 16.6. The summed E-state index contributed by atoms with van der Waals surface area (Å²) >= 11 is 0. The first-order valence-corrected chi connectivity index (χ1v) is 8.54. The van der Waals surface area contributed by atoms with Gasteiger partial charge in [0.05, 0.1) is 0 Å². The van der Waals surface area contributed by atoms with E-state index in [9.17, 15) is 4.79 Å². The minimum Gasteiger partial charge on any atom is -0.444 e. The highest BCUT2D eigenvalue weighted by Crippen LogP contribution is 2.28. The first-order chi connectivity index (χ1) is 10.8. The molecule has 1 aliphatic rings. The lowest BCUT2D eigenvalue weighted by atomic mass is 9.81. The van der Waals surface area contributed by atoms with Crippen molar-refractivity contribution in [1.82, 2.24) is 10.6 Å². The molecule has 0 atom stereocenters. The molecule has 2 rings (SSSR count). The van der Waals surface area contributed by atoms with Gasteiger partial charge in [-0.2, -0.15) is 0 Å². The van der Waals surface area contributed by atoms with E-state index < -0.39 is 5.60 Å². The molecular weight excluding hydrogens is 288 g/mol. The van der Waals surface area contributed by atoms with E-state index in [-0.39, 0.29) is 11.6 Å². The molecule has 0 aliphatic heterocycles. The molecule has 0 spiro atoms. The fourth-order valence-corrected chi connectivity index (χ4v) is 2.99. The van der Waals surface area contributed by atoms with Crippen molar-refractivity contribution in [3.05, 3.63) is 35.9 Å². The number of benzene rings is 1. The van der Waals surface area contributed by atoms with E-state index in [0.717, 1.165) is 32.2 Å². The van der Waals surface area contributed by atoms with E-state index in [1.54, 1.807) is 0 Å². The van der Waals surface area contributed by atoms with Crippen molar-refractivity contribution >= 4 is 6.09 Å². The van der Waals surface area contributed by atoms with Crippen LogP contribution < -0.4 is 10.6 Å². The van der Waals surface area contributed by atoms with Crippen molar-refractivity contribution in [2.75, 3.05) is 0 Å². The van der Waals surface area contributed by atoms with Crippen molar-refractivity contribution < 1.29 is 9.53 Å². The minimum absolute atomic E-state index is 0.159. The first-order valence-electron chi connectivity index (χ1n) is 8.54. The molecule has 1 aliphatic carbocycles. The van der Waals surface area contributed by atoms with Crippen LogP contribution in [0.15, 0.2) is 30.3 Å². The number of carbonyl (C=O) groups excluding carboxylic acids is 1. The average Bonchev–Trinajstić information content (AvgIpc) is 2.45. The smallest absolute Gasteiger partial charge is 0.408 e. The van der Waals surface area contributed by atoms with E-state index in [1.165, 1.54) is 5.56 Å². The lowest BCUT2D eigenvalue weighted by Crippen LogP contribution is -2.51. The van der Waals surface area contributed by atoms with Crippen LogP contribution in [0, 0.1) is 0 Å². The van der Waals surface area contributed by atoms with Crippen LogP contribution in [0.1, 0.15) is 58.9 Å². The third kappa shape index (κ3) is 6.22. The summed E-state index contributed by atoms with van der Waals surface area (Å²) < 4.78 is 5.37. The van der Waals surface area contributed by atoms with Crippen LogP contribution in [-0.2, 0) is 11.3 Å². The molecular formula is C19H30N2O2. The van der Waals surface area contributed by atoms with Crippen LogP contribution in [0.25, 0.3) is 0 Å². The minimum atomic E-state index is -0.450. The molecule has 1 aromatic rings. The number of hydrogen-bond acceptors (Lipinski definition) is 3. The third-order valence-corrected chi connectivity index (χ3v) is 4.33. The van der Waals surface area contributed by atoms with E-state index in [1.807, 2.05) is 26.8 Å². The number of carbonyl (C=O) groups is 1. The Bertz CT molecular complexity index is 500. The van der Waals surface area contributed by atoms with Gasteiger partial charge in [-0.3, -0.25) is 0 Å². The summed E-state index contributed by atoms with van der Waals surface area (Å²) in [5.41, 5.74) is 0.704. The number of rotatable bonds is 4. The van der Waals surface area contributed by atoms with E-state index >= 15 is 0 Å². The van der Waals surface area contributed by atoms with E-state index in [2.05, 4.69) is 41.8 Å². The maximum absolute atomic E-state index is 12.0. The highest BCUT2D eigenvalue weighted by Gasteiger charge is 2.33. The van der Waals surface area contributed by atoms with Gasteiger partial charge in [-0.05, 0) is 58.9 Å². The van der Waals surface area contributed by atoms with Crippen LogP contribution in [0.4, 0.5) is 4.79 Å². The molecule has 128 valence electrons. The first kappa shape index (κ1) is 17.8. The van der Waals surface area contributed by atoms with Gasteiger partial charge < -0.3 is 15.4 Å². The fraction of sp³-hybridized carbons (Fsp3) is 0.632. The van der Waals surface area contributed by atoms with Crippen LogP contribution in [-0.4, -0.2) is 23.3 Å². The summed E-state index contributed by atoms with van der Waals surface area (Å²) in [5.74, 6) is 0. The van der Waals surface area contributed by atoms with Crippen LogP contribution in [0.3, 0.4) is 0 Å². The quantitative estimate of drug-likeness (QED) is 0.882. The van der Waals surface area contributed by atoms with Crippen molar-refractivity contribution in [2.24, 2.45) is 0 Å². The lowest BCUT2D eigenvalue weighted by molar-refractivity contribution is 0.0431. The molecule has 4 nitrogen and oxygen atoms in total. The number of hydrogen-bond donors (Lipinski definition) is 2. The zero-order valence-corrected chi connectivity index (χ0v) is 14.8. The highest BCUT2D eigenvalue weighted by molar-refractivity contribution is 5.68. The third-order valence-electron chi connectivity index (χ3n) is 4.33. The van der Waals surface area contributed by atoms with Crippen molar-refractivity contribution in [3.8, 4) is 0 Å². The van der Waals surface area contributed by atoms with Gasteiger partial charge in [-0.25, -0.2) is 4.79 Å². The Balaban J connectivity index is 1.75. The Labute approximate surface area is 140 Å². The van der Waals surface area contributed by atoms with Gasteiger partial charge in [-0.1, -0.05) is 30.3 Å². The monoisotopic (exact) mass is 318 g/mol.